The second kappa shape index (κ2) is 9.96. The first kappa shape index (κ1) is 24.3. The first-order valence-electron chi connectivity index (χ1n) is 11.8. The number of nitrogens with one attached hydrogen (secondary N) is 1. The molecule has 1 aromatic carbocycles. The highest BCUT2D eigenvalue weighted by molar-refractivity contribution is 5.91. The highest BCUT2D eigenvalue weighted by Crippen LogP contribution is 2.33. The van der Waals surface area contributed by atoms with Gasteiger partial charge in [-0.1, -0.05) is 0 Å². The van der Waals surface area contributed by atoms with Crippen LogP contribution in [-0.4, -0.2) is 54.8 Å². The highest BCUT2D eigenvalue weighted by atomic mass is 19.1. The molecule has 1 aliphatic rings. The van der Waals surface area contributed by atoms with Gasteiger partial charge in [-0.3, -0.25) is 0 Å². The van der Waals surface area contributed by atoms with E-state index < -0.39 is 17.6 Å². The molecule has 0 atom stereocenters. The molecule has 0 unspecified atom stereocenters. The Morgan fingerprint density at radius 3 is 2.49 bits per heavy atom. The second-order valence-corrected chi connectivity index (χ2v) is 9.03. The fourth-order valence-corrected chi connectivity index (χ4v) is 4.44. The Bertz CT molecular complexity index is 1430. The minimum Gasteiger partial charge on any atom is -0.488 e. The number of carbonyl (C=O) groups is 1. The van der Waals surface area contributed by atoms with Crippen molar-refractivity contribution in [2.75, 3.05) is 23.3 Å². The minimum atomic E-state index is -1.24. The van der Waals surface area contributed by atoms with E-state index in [9.17, 15) is 9.18 Å². The Kier molecular flexibility index (Phi) is 6.55. The van der Waals surface area contributed by atoms with Crippen molar-refractivity contribution in [3.8, 4) is 5.75 Å². The first-order valence-corrected chi connectivity index (χ1v) is 11.8. The fourth-order valence-electron chi connectivity index (χ4n) is 4.44. The van der Waals surface area contributed by atoms with Crippen molar-refractivity contribution in [2.24, 2.45) is 0 Å². The molecule has 10 nitrogen and oxygen atoms in total. The summed E-state index contributed by atoms with van der Waals surface area (Å²) in [7, 11) is 0. The first-order chi connectivity index (χ1) is 17.8. The van der Waals surface area contributed by atoms with Crippen molar-refractivity contribution >= 4 is 34.5 Å². The average Bonchev–Trinajstić information content (AvgIpc) is 3.22. The summed E-state index contributed by atoms with van der Waals surface area (Å²) < 4.78 is 37.0. The fraction of sp³-hybridized carbons (Fsp3) is 0.320. The number of aromatic nitrogens is 5. The molecule has 0 amide bonds. The SMILES string of the molecule is CC(C)Oc1cnc(N2CCC(n3cc(F)c4c(Nc5ccc(C(=O)O)cc5F)ncnc43)CC2)nc1. The van der Waals surface area contributed by atoms with Gasteiger partial charge in [0.2, 0.25) is 5.95 Å². The zero-order valence-corrected chi connectivity index (χ0v) is 20.2. The molecule has 0 saturated carbocycles. The van der Waals surface area contributed by atoms with Gasteiger partial charge in [-0.15, -0.1) is 0 Å². The average molecular weight is 510 g/mol. The Morgan fingerprint density at radius 2 is 1.84 bits per heavy atom. The number of hydrogen-bond donors (Lipinski definition) is 2. The molecule has 0 radical (unpaired) electrons. The lowest BCUT2D eigenvalue weighted by Gasteiger charge is -2.32. The van der Waals surface area contributed by atoms with Crippen LogP contribution in [0.2, 0.25) is 0 Å². The van der Waals surface area contributed by atoms with Crippen molar-refractivity contribution in [2.45, 2.75) is 38.8 Å². The maximum absolute atomic E-state index is 15.1. The number of anilines is 3. The molecule has 1 fully saturated rings. The topological polar surface area (TPSA) is 118 Å². The quantitative estimate of drug-likeness (QED) is 0.369. The summed E-state index contributed by atoms with van der Waals surface area (Å²) >= 11 is 0. The van der Waals surface area contributed by atoms with Crippen LogP contribution in [-0.2, 0) is 0 Å². The Hall–Kier alpha value is -4.35. The summed E-state index contributed by atoms with van der Waals surface area (Å²) in [6.45, 7) is 5.22. The van der Waals surface area contributed by atoms with Crippen LogP contribution in [0.25, 0.3) is 11.0 Å². The monoisotopic (exact) mass is 509 g/mol. The van der Waals surface area contributed by atoms with Gasteiger partial charge in [-0.05, 0) is 44.9 Å². The minimum absolute atomic E-state index is 0.0128. The molecule has 1 aliphatic heterocycles. The molecule has 2 N–H and O–H groups in total. The predicted octanol–water partition coefficient (Wildman–Crippen LogP) is 4.57. The van der Waals surface area contributed by atoms with Crippen molar-refractivity contribution in [3.63, 3.8) is 0 Å². The van der Waals surface area contributed by atoms with Gasteiger partial charge in [0.25, 0.3) is 0 Å². The third-order valence-corrected chi connectivity index (χ3v) is 6.16. The van der Waals surface area contributed by atoms with Crippen molar-refractivity contribution in [3.05, 3.63) is 60.3 Å². The van der Waals surface area contributed by atoms with Crippen LogP contribution in [0.15, 0.2) is 43.1 Å². The largest absolute Gasteiger partial charge is 0.488 e. The van der Waals surface area contributed by atoms with Crippen LogP contribution in [0, 0.1) is 11.6 Å². The van der Waals surface area contributed by atoms with Crippen molar-refractivity contribution < 1.29 is 23.4 Å². The van der Waals surface area contributed by atoms with Crippen LogP contribution >= 0.6 is 0 Å². The molecule has 192 valence electrons. The number of piperidine rings is 1. The summed E-state index contributed by atoms with van der Waals surface area (Å²) in [6.07, 6.45) is 7.47. The number of hydrogen-bond acceptors (Lipinski definition) is 8. The summed E-state index contributed by atoms with van der Waals surface area (Å²) in [5, 5.41) is 12.0. The molecule has 0 bridgehead atoms. The number of carboxylic acid groups (broad SMARTS) is 1. The smallest absolute Gasteiger partial charge is 0.335 e. The van der Waals surface area contributed by atoms with Crippen LogP contribution in [0.3, 0.4) is 0 Å². The molecule has 0 spiro atoms. The number of rotatable bonds is 7. The van der Waals surface area contributed by atoms with Crippen LogP contribution in [0.5, 0.6) is 5.75 Å². The zero-order chi connectivity index (χ0) is 26.1. The second-order valence-electron chi connectivity index (χ2n) is 9.03. The normalized spacial score (nSPS) is 14.4. The molecule has 37 heavy (non-hydrogen) atoms. The lowest BCUT2D eigenvalue weighted by molar-refractivity contribution is 0.0696. The molecular weight excluding hydrogens is 484 g/mol. The number of fused-ring (bicyclic) bond motifs is 1. The summed E-state index contributed by atoms with van der Waals surface area (Å²) in [4.78, 5) is 30.4. The molecule has 5 rings (SSSR count). The number of nitrogens with zero attached hydrogens (tertiary/aromatic N) is 6. The molecule has 12 heteroatoms. The predicted molar refractivity (Wildman–Crippen MR) is 132 cm³/mol. The van der Waals surface area contributed by atoms with Gasteiger partial charge in [-0.2, -0.15) is 0 Å². The van der Waals surface area contributed by atoms with E-state index in [0.717, 1.165) is 18.9 Å². The molecule has 0 aliphatic carbocycles. The summed E-state index contributed by atoms with van der Waals surface area (Å²) in [6, 6.07) is 3.42. The molecular formula is C25H25F2N7O3. The molecule has 1 saturated heterocycles. The maximum atomic E-state index is 15.1. The van der Waals surface area contributed by atoms with Gasteiger partial charge in [0.1, 0.15) is 23.6 Å². The Balaban J connectivity index is 1.33. The number of ether oxygens (including phenoxy) is 1. The van der Waals surface area contributed by atoms with Gasteiger partial charge < -0.3 is 24.6 Å². The van der Waals surface area contributed by atoms with E-state index in [1.54, 1.807) is 17.0 Å². The van der Waals surface area contributed by atoms with E-state index in [-0.39, 0.29) is 34.6 Å². The van der Waals surface area contributed by atoms with Gasteiger partial charge >= 0.3 is 5.97 Å². The maximum Gasteiger partial charge on any atom is 0.335 e. The van der Waals surface area contributed by atoms with Gasteiger partial charge in [0.15, 0.2) is 11.6 Å². The number of benzene rings is 1. The van der Waals surface area contributed by atoms with E-state index in [2.05, 4.69) is 30.2 Å². The van der Waals surface area contributed by atoms with Gasteiger partial charge in [0.05, 0.1) is 35.1 Å². The van der Waals surface area contributed by atoms with Gasteiger partial charge in [-0.25, -0.2) is 33.5 Å². The molecule has 4 heterocycles. The lowest BCUT2D eigenvalue weighted by Crippen LogP contribution is -2.35. The number of aromatic carboxylic acids is 1. The Morgan fingerprint density at radius 1 is 1.11 bits per heavy atom. The summed E-state index contributed by atoms with van der Waals surface area (Å²) in [5.41, 5.74) is 0.183. The third-order valence-electron chi connectivity index (χ3n) is 6.16. The molecule has 3 aromatic heterocycles. The Labute approximate surface area is 211 Å². The highest BCUT2D eigenvalue weighted by Gasteiger charge is 2.26. The third kappa shape index (κ3) is 4.99. The van der Waals surface area contributed by atoms with Crippen LogP contribution in [0.1, 0.15) is 43.1 Å². The van der Waals surface area contributed by atoms with Crippen molar-refractivity contribution in [1.29, 1.82) is 0 Å². The number of halogens is 2. The van der Waals surface area contributed by atoms with Crippen LogP contribution < -0.4 is 15.0 Å². The van der Waals surface area contributed by atoms with E-state index >= 15 is 4.39 Å². The van der Waals surface area contributed by atoms with E-state index in [4.69, 9.17) is 9.84 Å². The van der Waals surface area contributed by atoms with E-state index in [1.807, 2.05) is 13.8 Å². The number of carboxylic acids is 1. The lowest BCUT2D eigenvalue weighted by atomic mass is 10.1. The zero-order valence-electron chi connectivity index (χ0n) is 20.2. The van der Waals surface area contributed by atoms with E-state index in [1.165, 1.54) is 24.7 Å². The van der Waals surface area contributed by atoms with Gasteiger partial charge in [0, 0.05) is 25.3 Å². The van der Waals surface area contributed by atoms with E-state index in [0.29, 0.717) is 30.4 Å². The summed E-state index contributed by atoms with van der Waals surface area (Å²) in [5.74, 6) is -1.24. The molecule has 4 aromatic rings. The van der Waals surface area contributed by atoms with Crippen LogP contribution in [0.4, 0.5) is 26.2 Å². The van der Waals surface area contributed by atoms with Crippen molar-refractivity contribution in [1.82, 2.24) is 24.5 Å². The standard InChI is InChI=1S/C25H25F2N7O3/c1-14(2)37-17-10-28-25(29-11-17)33-7-5-16(6-8-33)34-12-19(27)21-22(30-13-31-23(21)34)32-20-4-3-15(24(35)36)9-18(20)26/h3-4,9-14,16H,5-8H2,1-2H3,(H,35,36)(H,30,31,32).